The lowest BCUT2D eigenvalue weighted by Gasteiger charge is -2.34. The van der Waals surface area contributed by atoms with E-state index >= 15 is 0 Å². The van der Waals surface area contributed by atoms with Crippen molar-refractivity contribution >= 4 is 17.2 Å². The molecule has 0 saturated carbocycles. The fraction of sp³-hybridized carbons (Fsp3) is 0.263. The highest BCUT2D eigenvalue weighted by Crippen LogP contribution is 2.33. The van der Waals surface area contributed by atoms with Gasteiger partial charge in [-0.2, -0.15) is 5.10 Å². The zero-order valence-corrected chi connectivity index (χ0v) is 14.4. The van der Waals surface area contributed by atoms with Crippen molar-refractivity contribution in [3.8, 4) is 0 Å². The second kappa shape index (κ2) is 6.24. The van der Waals surface area contributed by atoms with E-state index in [0.717, 1.165) is 4.88 Å². The molecule has 1 atom stereocenters. The molecular weight excluding hydrogens is 318 g/mol. The third kappa shape index (κ3) is 2.87. The normalized spacial score (nSPS) is 16.9. The largest absolute Gasteiger partial charge is 0.337 e. The second-order valence-corrected chi connectivity index (χ2v) is 7.26. The van der Waals surface area contributed by atoms with Crippen LogP contribution in [0.2, 0.25) is 0 Å². The standard InChI is InChI=1S/C19H19N3OS/c1-21-11-15(10-20-21)18-13-22(12-14-5-2-3-7-17(14)18)19(23)9-16-6-4-8-24-16/h2-8,10-11,18H,9,12-13H2,1H3. The number of hydrogen-bond acceptors (Lipinski definition) is 3. The number of fused-ring (bicyclic) bond motifs is 1. The summed E-state index contributed by atoms with van der Waals surface area (Å²) in [6.07, 6.45) is 4.45. The number of aromatic nitrogens is 2. The van der Waals surface area contributed by atoms with E-state index in [1.54, 1.807) is 11.3 Å². The van der Waals surface area contributed by atoms with Gasteiger partial charge in [0.15, 0.2) is 0 Å². The molecule has 0 radical (unpaired) electrons. The number of rotatable bonds is 3. The summed E-state index contributed by atoms with van der Waals surface area (Å²) in [5.41, 5.74) is 3.71. The van der Waals surface area contributed by atoms with Gasteiger partial charge in [-0.15, -0.1) is 11.3 Å². The number of carbonyl (C=O) groups excluding carboxylic acids is 1. The predicted octanol–water partition coefficient (Wildman–Crippen LogP) is 3.20. The van der Waals surface area contributed by atoms with E-state index in [0.29, 0.717) is 19.5 Å². The minimum absolute atomic E-state index is 0.191. The van der Waals surface area contributed by atoms with Gasteiger partial charge in [-0.25, -0.2) is 0 Å². The summed E-state index contributed by atoms with van der Waals surface area (Å²) in [5, 5.41) is 6.33. The number of thiophene rings is 1. The molecule has 2 aromatic heterocycles. The Hall–Kier alpha value is -2.40. The molecule has 1 aliphatic heterocycles. The number of aryl methyl sites for hydroxylation is 1. The summed E-state index contributed by atoms with van der Waals surface area (Å²) in [6, 6.07) is 12.4. The third-order valence-electron chi connectivity index (χ3n) is 4.58. The van der Waals surface area contributed by atoms with Crippen molar-refractivity contribution in [3.63, 3.8) is 0 Å². The second-order valence-electron chi connectivity index (χ2n) is 6.23. The molecule has 1 aromatic carbocycles. The van der Waals surface area contributed by atoms with E-state index in [2.05, 4.69) is 29.5 Å². The summed E-state index contributed by atoms with van der Waals surface area (Å²) in [4.78, 5) is 15.9. The third-order valence-corrected chi connectivity index (χ3v) is 5.46. The molecule has 0 fully saturated rings. The first-order valence-electron chi connectivity index (χ1n) is 8.07. The van der Waals surface area contributed by atoms with Crippen molar-refractivity contribution in [2.24, 2.45) is 7.05 Å². The van der Waals surface area contributed by atoms with Crippen LogP contribution in [-0.2, 0) is 24.8 Å². The van der Waals surface area contributed by atoms with Gasteiger partial charge in [0.05, 0.1) is 12.6 Å². The van der Waals surface area contributed by atoms with E-state index in [1.165, 1.54) is 16.7 Å². The van der Waals surface area contributed by atoms with Crippen molar-refractivity contribution in [2.45, 2.75) is 18.9 Å². The van der Waals surface area contributed by atoms with E-state index in [-0.39, 0.29) is 11.8 Å². The molecule has 3 aromatic rings. The van der Waals surface area contributed by atoms with Gasteiger partial charge in [0.2, 0.25) is 5.91 Å². The fourth-order valence-corrected chi connectivity index (χ4v) is 4.07. The molecule has 0 N–H and O–H groups in total. The van der Waals surface area contributed by atoms with Crippen LogP contribution in [0.15, 0.2) is 54.2 Å². The van der Waals surface area contributed by atoms with Crippen molar-refractivity contribution in [2.75, 3.05) is 6.54 Å². The van der Waals surface area contributed by atoms with Gasteiger partial charge in [-0.05, 0) is 28.1 Å². The molecule has 0 aliphatic carbocycles. The van der Waals surface area contributed by atoms with Crippen LogP contribution in [0.1, 0.15) is 27.5 Å². The first-order chi connectivity index (χ1) is 11.7. The average molecular weight is 337 g/mol. The maximum absolute atomic E-state index is 12.8. The Kier molecular flexibility index (Phi) is 3.94. The van der Waals surface area contributed by atoms with Crippen LogP contribution in [0.4, 0.5) is 0 Å². The Morgan fingerprint density at radius 2 is 2.17 bits per heavy atom. The highest BCUT2D eigenvalue weighted by molar-refractivity contribution is 7.10. The van der Waals surface area contributed by atoms with E-state index in [9.17, 15) is 4.79 Å². The van der Waals surface area contributed by atoms with E-state index < -0.39 is 0 Å². The summed E-state index contributed by atoms with van der Waals surface area (Å²) >= 11 is 1.64. The number of benzene rings is 1. The predicted molar refractivity (Wildman–Crippen MR) is 94.9 cm³/mol. The van der Waals surface area contributed by atoms with Gasteiger partial charge in [0.1, 0.15) is 0 Å². The zero-order valence-electron chi connectivity index (χ0n) is 13.6. The van der Waals surface area contributed by atoms with Gasteiger partial charge in [-0.3, -0.25) is 9.48 Å². The Morgan fingerprint density at radius 1 is 1.29 bits per heavy atom. The van der Waals surface area contributed by atoms with Gasteiger partial charge < -0.3 is 4.90 Å². The lowest BCUT2D eigenvalue weighted by Crippen LogP contribution is -2.39. The molecule has 4 rings (SSSR count). The van der Waals surface area contributed by atoms with Crippen LogP contribution in [0.3, 0.4) is 0 Å². The zero-order chi connectivity index (χ0) is 16.5. The highest BCUT2D eigenvalue weighted by Gasteiger charge is 2.29. The minimum atomic E-state index is 0.191. The maximum atomic E-state index is 12.8. The monoisotopic (exact) mass is 337 g/mol. The molecule has 122 valence electrons. The van der Waals surface area contributed by atoms with Crippen LogP contribution >= 0.6 is 11.3 Å². The summed E-state index contributed by atoms with van der Waals surface area (Å²) in [7, 11) is 1.93. The summed E-state index contributed by atoms with van der Waals surface area (Å²) in [5.74, 6) is 0.386. The van der Waals surface area contributed by atoms with Crippen LogP contribution in [0, 0.1) is 0 Å². The fourth-order valence-electron chi connectivity index (χ4n) is 3.38. The first kappa shape index (κ1) is 15.1. The first-order valence-corrected chi connectivity index (χ1v) is 8.95. The molecule has 5 heteroatoms. The SMILES string of the molecule is Cn1cc(C2CN(C(=O)Cc3cccs3)Cc3ccccc32)cn1. The topological polar surface area (TPSA) is 38.1 Å². The lowest BCUT2D eigenvalue weighted by molar-refractivity contribution is -0.131. The van der Waals surface area contributed by atoms with E-state index in [1.807, 2.05) is 46.4 Å². The number of hydrogen-bond donors (Lipinski definition) is 0. The molecule has 4 nitrogen and oxygen atoms in total. The smallest absolute Gasteiger partial charge is 0.228 e. The minimum Gasteiger partial charge on any atom is -0.337 e. The molecular formula is C19H19N3OS. The van der Waals surface area contributed by atoms with Gasteiger partial charge in [0.25, 0.3) is 0 Å². The van der Waals surface area contributed by atoms with Gasteiger partial charge >= 0.3 is 0 Å². The molecule has 24 heavy (non-hydrogen) atoms. The van der Waals surface area contributed by atoms with Crippen LogP contribution in [-0.4, -0.2) is 27.1 Å². The van der Waals surface area contributed by atoms with Crippen molar-refractivity contribution in [3.05, 3.63) is 75.7 Å². The van der Waals surface area contributed by atoms with Gasteiger partial charge in [-0.1, -0.05) is 30.3 Å². The lowest BCUT2D eigenvalue weighted by atomic mass is 9.86. The maximum Gasteiger partial charge on any atom is 0.228 e. The Morgan fingerprint density at radius 3 is 2.92 bits per heavy atom. The summed E-state index contributed by atoms with van der Waals surface area (Å²) in [6.45, 7) is 1.41. The van der Waals surface area contributed by atoms with Crippen LogP contribution < -0.4 is 0 Å². The van der Waals surface area contributed by atoms with Gasteiger partial charge in [0, 0.05) is 37.1 Å². The van der Waals surface area contributed by atoms with E-state index in [4.69, 9.17) is 0 Å². The van der Waals surface area contributed by atoms with Crippen molar-refractivity contribution < 1.29 is 4.79 Å². The molecule has 0 saturated heterocycles. The quantitative estimate of drug-likeness (QED) is 0.736. The Labute approximate surface area is 145 Å². The summed E-state index contributed by atoms with van der Waals surface area (Å²) < 4.78 is 1.82. The van der Waals surface area contributed by atoms with Crippen molar-refractivity contribution in [1.82, 2.24) is 14.7 Å². The van der Waals surface area contributed by atoms with Crippen LogP contribution in [0.25, 0.3) is 0 Å². The number of nitrogens with zero attached hydrogens (tertiary/aromatic N) is 3. The highest BCUT2D eigenvalue weighted by atomic mass is 32.1. The molecule has 1 amide bonds. The molecule has 0 bridgehead atoms. The molecule has 0 spiro atoms. The molecule has 3 heterocycles. The van der Waals surface area contributed by atoms with Crippen molar-refractivity contribution in [1.29, 1.82) is 0 Å². The van der Waals surface area contributed by atoms with Crippen LogP contribution in [0.5, 0.6) is 0 Å². The Balaban J connectivity index is 1.63. The number of carbonyl (C=O) groups is 1. The molecule has 1 unspecified atom stereocenters. The molecule has 1 aliphatic rings. The Bertz CT molecular complexity index is 853. The number of amides is 1. The average Bonchev–Trinajstić information content (AvgIpc) is 3.25.